The van der Waals surface area contributed by atoms with E-state index in [0.717, 1.165) is 31.7 Å². The second kappa shape index (κ2) is 5.60. The monoisotopic (exact) mass is 193 g/mol. The van der Waals surface area contributed by atoms with Gasteiger partial charge in [-0.05, 0) is 38.9 Å². The van der Waals surface area contributed by atoms with Gasteiger partial charge in [0.05, 0.1) is 0 Å². The number of anilines is 1. The second-order valence-electron chi connectivity index (χ2n) is 3.38. The van der Waals surface area contributed by atoms with Crippen LogP contribution in [0.5, 0.6) is 0 Å². The first-order valence-corrected chi connectivity index (χ1v) is 5.15. The number of hydrogen-bond acceptors (Lipinski definition) is 3. The Morgan fingerprint density at radius 3 is 2.86 bits per heavy atom. The summed E-state index contributed by atoms with van der Waals surface area (Å²) in [6.07, 6.45) is 2.89. The molecule has 0 amide bonds. The molecule has 1 aromatic heterocycles. The van der Waals surface area contributed by atoms with Crippen LogP contribution in [0, 0.1) is 6.92 Å². The van der Waals surface area contributed by atoms with Crippen molar-refractivity contribution in [3.63, 3.8) is 0 Å². The van der Waals surface area contributed by atoms with Gasteiger partial charge in [0.1, 0.15) is 0 Å². The predicted molar refractivity (Wildman–Crippen MR) is 60.5 cm³/mol. The van der Waals surface area contributed by atoms with Crippen LogP contribution in [0.2, 0.25) is 0 Å². The molecule has 0 fully saturated rings. The molecule has 2 N–H and O–H groups in total. The third-order valence-electron chi connectivity index (χ3n) is 2.26. The summed E-state index contributed by atoms with van der Waals surface area (Å²) in [5.74, 6) is 0. The Balaban J connectivity index is 2.68. The number of aromatic nitrogens is 1. The van der Waals surface area contributed by atoms with Crippen LogP contribution in [-0.2, 0) is 0 Å². The molecule has 1 heterocycles. The van der Waals surface area contributed by atoms with Crippen LogP contribution >= 0.6 is 0 Å². The van der Waals surface area contributed by atoms with Crippen molar-refractivity contribution >= 4 is 5.69 Å². The van der Waals surface area contributed by atoms with Gasteiger partial charge in [0.15, 0.2) is 0 Å². The lowest BCUT2D eigenvalue weighted by Gasteiger charge is -2.22. The van der Waals surface area contributed by atoms with Crippen molar-refractivity contribution < 1.29 is 0 Å². The molecular weight excluding hydrogens is 174 g/mol. The highest BCUT2D eigenvalue weighted by atomic mass is 15.1. The van der Waals surface area contributed by atoms with E-state index in [9.17, 15) is 0 Å². The molecule has 1 rings (SSSR count). The van der Waals surface area contributed by atoms with Gasteiger partial charge in [0.25, 0.3) is 0 Å². The number of nitrogens with zero attached hydrogens (tertiary/aromatic N) is 2. The first kappa shape index (κ1) is 11.0. The summed E-state index contributed by atoms with van der Waals surface area (Å²) in [6, 6.07) is 4.16. The van der Waals surface area contributed by atoms with E-state index < -0.39 is 0 Å². The van der Waals surface area contributed by atoms with Crippen molar-refractivity contribution in [1.82, 2.24) is 4.98 Å². The SMILES string of the molecule is CCN(CCCN)c1ccnc(C)c1. The molecule has 0 aromatic carbocycles. The molecule has 0 saturated carbocycles. The largest absolute Gasteiger partial charge is 0.372 e. The van der Waals surface area contributed by atoms with Crippen LogP contribution in [0.4, 0.5) is 5.69 Å². The van der Waals surface area contributed by atoms with Gasteiger partial charge in [-0.25, -0.2) is 0 Å². The average molecular weight is 193 g/mol. The van der Waals surface area contributed by atoms with Gasteiger partial charge in [0, 0.05) is 30.7 Å². The zero-order valence-corrected chi connectivity index (χ0v) is 9.03. The molecule has 14 heavy (non-hydrogen) atoms. The summed E-state index contributed by atoms with van der Waals surface area (Å²) >= 11 is 0. The van der Waals surface area contributed by atoms with Crippen molar-refractivity contribution in [2.45, 2.75) is 20.3 Å². The van der Waals surface area contributed by atoms with Crippen LogP contribution in [0.1, 0.15) is 19.0 Å². The normalized spacial score (nSPS) is 10.2. The summed E-state index contributed by atoms with van der Waals surface area (Å²) in [6.45, 7) is 6.97. The highest BCUT2D eigenvalue weighted by Gasteiger charge is 2.02. The first-order valence-electron chi connectivity index (χ1n) is 5.15. The molecule has 78 valence electrons. The Kier molecular flexibility index (Phi) is 4.40. The van der Waals surface area contributed by atoms with E-state index in [4.69, 9.17) is 5.73 Å². The fraction of sp³-hybridized carbons (Fsp3) is 0.545. The summed E-state index contributed by atoms with van der Waals surface area (Å²) in [7, 11) is 0. The number of aryl methyl sites for hydroxylation is 1. The van der Waals surface area contributed by atoms with Gasteiger partial charge < -0.3 is 10.6 Å². The minimum Gasteiger partial charge on any atom is -0.372 e. The van der Waals surface area contributed by atoms with Crippen LogP contribution in [0.3, 0.4) is 0 Å². The van der Waals surface area contributed by atoms with E-state index in [2.05, 4.69) is 22.9 Å². The molecule has 0 spiro atoms. The summed E-state index contributed by atoms with van der Waals surface area (Å²) in [5.41, 5.74) is 7.81. The molecule has 0 radical (unpaired) electrons. The highest BCUT2D eigenvalue weighted by molar-refractivity contribution is 5.46. The van der Waals surface area contributed by atoms with Crippen molar-refractivity contribution in [1.29, 1.82) is 0 Å². The predicted octanol–water partition coefficient (Wildman–Crippen LogP) is 1.57. The average Bonchev–Trinajstić information content (AvgIpc) is 2.19. The molecule has 3 nitrogen and oxygen atoms in total. The Labute approximate surface area is 85.9 Å². The Morgan fingerprint density at radius 1 is 1.50 bits per heavy atom. The van der Waals surface area contributed by atoms with E-state index in [0.29, 0.717) is 0 Å². The Bertz CT molecular complexity index is 273. The third-order valence-corrected chi connectivity index (χ3v) is 2.26. The Hall–Kier alpha value is -1.09. The molecule has 0 atom stereocenters. The van der Waals surface area contributed by atoms with Crippen LogP contribution < -0.4 is 10.6 Å². The summed E-state index contributed by atoms with van der Waals surface area (Å²) in [4.78, 5) is 6.51. The lowest BCUT2D eigenvalue weighted by atomic mass is 10.3. The first-order chi connectivity index (χ1) is 6.77. The summed E-state index contributed by atoms with van der Waals surface area (Å²) in [5, 5.41) is 0. The maximum Gasteiger partial charge on any atom is 0.0399 e. The molecule has 0 saturated heterocycles. The van der Waals surface area contributed by atoms with Gasteiger partial charge in [-0.15, -0.1) is 0 Å². The zero-order chi connectivity index (χ0) is 10.4. The molecule has 0 unspecified atom stereocenters. The van der Waals surface area contributed by atoms with Gasteiger partial charge >= 0.3 is 0 Å². The smallest absolute Gasteiger partial charge is 0.0399 e. The number of pyridine rings is 1. The van der Waals surface area contributed by atoms with Crippen molar-refractivity contribution in [3.8, 4) is 0 Å². The molecule has 0 aliphatic carbocycles. The van der Waals surface area contributed by atoms with E-state index in [-0.39, 0.29) is 0 Å². The Morgan fingerprint density at radius 2 is 2.29 bits per heavy atom. The lowest BCUT2D eigenvalue weighted by molar-refractivity contribution is 0.753. The van der Waals surface area contributed by atoms with Crippen LogP contribution in [0.25, 0.3) is 0 Å². The maximum atomic E-state index is 5.50. The van der Waals surface area contributed by atoms with Crippen molar-refractivity contribution in [2.24, 2.45) is 5.73 Å². The minimum atomic E-state index is 0.751. The fourth-order valence-corrected chi connectivity index (χ4v) is 1.48. The quantitative estimate of drug-likeness (QED) is 0.771. The van der Waals surface area contributed by atoms with Gasteiger partial charge in [-0.1, -0.05) is 0 Å². The van der Waals surface area contributed by atoms with E-state index in [1.54, 1.807) is 0 Å². The lowest BCUT2D eigenvalue weighted by Crippen LogP contribution is -2.25. The van der Waals surface area contributed by atoms with E-state index in [1.165, 1.54) is 5.69 Å². The fourth-order valence-electron chi connectivity index (χ4n) is 1.48. The third kappa shape index (κ3) is 3.00. The number of rotatable bonds is 5. The minimum absolute atomic E-state index is 0.751. The molecular formula is C11H19N3. The van der Waals surface area contributed by atoms with E-state index >= 15 is 0 Å². The second-order valence-corrected chi connectivity index (χ2v) is 3.38. The molecule has 3 heteroatoms. The van der Waals surface area contributed by atoms with Crippen LogP contribution in [-0.4, -0.2) is 24.6 Å². The molecule has 1 aromatic rings. The van der Waals surface area contributed by atoms with Crippen LogP contribution in [0.15, 0.2) is 18.3 Å². The number of hydrogen-bond donors (Lipinski definition) is 1. The van der Waals surface area contributed by atoms with Gasteiger partial charge in [-0.3, -0.25) is 4.98 Å². The molecule has 0 aliphatic rings. The summed E-state index contributed by atoms with van der Waals surface area (Å²) < 4.78 is 0. The van der Waals surface area contributed by atoms with Gasteiger partial charge in [-0.2, -0.15) is 0 Å². The van der Waals surface area contributed by atoms with E-state index in [1.807, 2.05) is 19.2 Å². The molecule has 0 aliphatic heterocycles. The zero-order valence-electron chi connectivity index (χ0n) is 9.03. The van der Waals surface area contributed by atoms with Crippen molar-refractivity contribution in [2.75, 3.05) is 24.5 Å². The maximum absolute atomic E-state index is 5.50. The van der Waals surface area contributed by atoms with Crippen molar-refractivity contribution in [3.05, 3.63) is 24.0 Å². The highest BCUT2D eigenvalue weighted by Crippen LogP contribution is 2.13. The van der Waals surface area contributed by atoms with Gasteiger partial charge in [0.2, 0.25) is 0 Å². The molecule has 0 bridgehead atoms. The number of nitrogens with two attached hydrogens (primary N) is 1. The standard InChI is InChI=1S/C11H19N3/c1-3-14(8-4-6-12)11-5-7-13-10(2)9-11/h5,7,9H,3-4,6,8,12H2,1-2H3. The topological polar surface area (TPSA) is 42.1 Å².